The second-order valence-electron chi connectivity index (χ2n) is 7.46. The third-order valence-electron chi connectivity index (χ3n) is 5.55. The van der Waals surface area contributed by atoms with Crippen molar-refractivity contribution >= 4 is 40.2 Å². The topological polar surface area (TPSA) is 83.6 Å². The van der Waals surface area contributed by atoms with Gasteiger partial charge in [-0.25, -0.2) is 9.38 Å². The number of carbonyl (C=O) groups is 1. The number of para-hydroxylation sites is 2. The molecule has 0 saturated carbocycles. The van der Waals surface area contributed by atoms with E-state index in [9.17, 15) is 9.90 Å². The fraction of sp³-hybridized carbons (Fsp3) is 0.0833. The van der Waals surface area contributed by atoms with Gasteiger partial charge in [-0.3, -0.25) is 9.69 Å². The van der Waals surface area contributed by atoms with E-state index >= 15 is 0 Å². The average Bonchev–Trinajstić information content (AvgIpc) is 3.43. The van der Waals surface area contributed by atoms with E-state index in [1.165, 1.54) is 11.8 Å². The Morgan fingerprint density at radius 2 is 1.66 bits per heavy atom. The maximum atomic E-state index is 13.0. The lowest BCUT2D eigenvalue weighted by Crippen LogP contribution is -2.30. The van der Waals surface area contributed by atoms with Crippen molar-refractivity contribution in [2.45, 2.75) is 5.37 Å². The van der Waals surface area contributed by atoms with E-state index in [4.69, 9.17) is 4.98 Å². The zero-order chi connectivity index (χ0) is 21.7. The molecule has 1 aliphatic heterocycles. The molecule has 1 unspecified atom stereocenters. The van der Waals surface area contributed by atoms with Gasteiger partial charge >= 0.3 is 0 Å². The second-order valence-corrected chi connectivity index (χ2v) is 8.53. The number of fused-ring (bicyclic) bond motifs is 3. The highest BCUT2D eigenvalue weighted by molar-refractivity contribution is 8.00. The number of hydrogen-bond donors (Lipinski definition) is 1. The maximum Gasteiger partial charge on any atom is 0.241 e. The number of nitrogens with zero attached hydrogens (tertiary/aromatic N) is 5. The fourth-order valence-corrected chi connectivity index (χ4v) is 5.25. The van der Waals surface area contributed by atoms with E-state index in [1.54, 1.807) is 17.0 Å². The highest BCUT2D eigenvalue weighted by Crippen LogP contribution is 2.44. The highest BCUT2D eigenvalue weighted by Gasteiger charge is 2.38. The summed E-state index contributed by atoms with van der Waals surface area (Å²) in [6.45, 7) is 0. The first kappa shape index (κ1) is 18.8. The molecule has 1 amide bonds. The van der Waals surface area contributed by atoms with Gasteiger partial charge in [-0.2, -0.15) is 0 Å². The number of aromatic nitrogens is 4. The molecular weight excluding hydrogens is 422 g/mol. The molecule has 156 valence electrons. The number of phenols is 1. The van der Waals surface area contributed by atoms with Crippen LogP contribution in [0.2, 0.25) is 0 Å². The van der Waals surface area contributed by atoms with Gasteiger partial charge in [0.1, 0.15) is 16.9 Å². The molecule has 1 saturated heterocycles. The molecule has 5 aromatic rings. The summed E-state index contributed by atoms with van der Waals surface area (Å²) >= 11 is 1.45. The summed E-state index contributed by atoms with van der Waals surface area (Å²) in [5.74, 6) is 1.38. The number of aromatic hydroxyl groups is 1. The zero-order valence-electron chi connectivity index (χ0n) is 16.8. The van der Waals surface area contributed by atoms with Crippen LogP contribution in [-0.2, 0) is 4.79 Å². The minimum Gasteiger partial charge on any atom is -0.508 e. The standard InChI is InChI=1S/C24H17N5O2S/c30-19-13-7-5-11-17(19)23-28(20(31)14-32-23)24-27-26-22-16-10-4-6-12-18(16)25-21(29(22)24)15-8-2-1-3-9-15/h1-13,23,30H,14H2. The summed E-state index contributed by atoms with van der Waals surface area (Å²) in [7, 11) is 0. The quantitative estimate of drug-likeness (QED) is 0.448. The van der Waals surface area contributed by atoms with Crippen LogP contribution in [0.3, 0.4) is 0 Å². The summed E-state index contributed by atoms with van der Waals surface area (Å²) in [4.78, 5) is 19.6. The minimum absolute atomic E-state index is 0.0928. The van der Waals surface area contributed by atoms with Gasteiger partial charge < -0.3 is 5.11 Å². The molecule has 1 fully saturated rings. The monoisotopic (exact) mass is 439 g/mol. The number of phenolic OH excluding ortho intramolecular Hbond substituents is 1. The summed E-state index contributed by atoms with van der Waals surface area (Å²) < 4.78 is 1.84. The van der Waals surface area contributed by atoms with E-state index in [1.807, 2.05) is 71.1 Å². The predicted molar refractivity (Wildman–Crippen MR) is 125 cm³/mol. The Bertz CT molecular complexity index is 1480. The molecule has 1 N–H and O–H groups in total. The molecule has 6 rings (SSSR count). The van der Waals surface area contributed by atoms with Crippen molar-refractivity contribution in [2.75, 3.05) is 10.7 Å². The molecule has 2 aromatic heterocycles. The van der Waals surface area contributed by atoms with Gasteiger partial charge in [0.25, 0.3) is 0 Å². The lowest BCUT2D eigenvalue weighted by Gasteiger charge is -2.23. The van der Waals surface area contributed by atoms with Gasteiger partial charge in [0.2, 0.25) is 11.9 Å². The zero-order valence-corrected chi connectivity index (χ0v) is 17.6. The first-order valence-corrected chi connectivity index (χ1v) is 11.2. The first-order valence-electron chi connectivity index (χ1n) is 10.1. The summed E-state index contributed by atoms with van der Waals surface area (Å²) in [5, 5.41) is 19.8. The van der Waals surface area contributed by atoms with Gasteiger partial charge in [-0.1, -0.05) is 60.7 Å². The molecule has 0 bridgehead atoms. The molecule has 0 spiro atoms. The SMILES string of the molecule is O=C1CSC(c2ccccc2O)N1c1nnc2c3ccccc3nc(-c3ccccc3)n12. The van der Waals surface area contributed by atoms with Gasteiger partial charge in [0, 0.05) is 16.5 Å². The lowest BCUT2D eigenvalue weighted by molar-refractivity contribution is -0.115. The minimum atomic E-state index is -0.411. The van der Waals surface area contributed by atoms with Crippen molar-refractivity contribution in [3.63, 3.8) is 0 Å². The van der Waals surface area contributed by atoms with E-state index in [-0.39, 0.29) is 17.4 Å². The third-order valence-corrected chi connectivity index (χ3v) is 6.74. The fourth-order valence-electron chi connectivity index (χ4n) is 4.07. The molecule has 32 heavy (non-hydrogen) atoms. The van der Waals surface area contributed by atoms with Crippen molar-refractivity contribution in [2.24, 2.45) is 0 Å². The normalized spacial score (nSPS) is 16.3. The number of rotatable bonds is 3. The smallest absolute Gasteiger partial charge is 0.241 e. The number of carbonyl (C=O) groups excluding carboxylic acids is 1. The van der Waals surface area contributed by atoms with Crippen molar-refractivity contribution < 1.29 is 9.90 Å². The number of thioether (sulfide) groups is 1. The number of hydrogen-bond acceptors (Lipinski definition) is 6. The van der Waals surface area contributed by atoms with Crippen LogP contribution < -0.4 is 4.90 Å². The summed E-state index contributed by atoms with van der Waals surface area (Å²) in [6, 6.07) is 24.6. The second kappa shape index (κ2) is 7.35. The highest BCUT2D eigenvalue weighted by atomic mass is 32.2. The van der Waals surface area contributed by atoms with Gasteiger partial charge in [-0.15, -0.1) is 22.0 Å². The van der Waals surface area contributed by atoms with Gasteiger partial charge in [0.15, 0.2) is 5.65 Å². The van der Waals surface area contributed by atoms with Crippen LogP contribution in [0.1, 0.15) is 10.9 Å². The Hall–Kier alpha value is -3.91. The Morgan fingerprint density at radius 1 is 0.906 bits per heavy atom. The summed E-state index contributed by atoms with van der Waals surface area (Å²) in [5.41, 5.74) is 2.99. The largest absolute Gasteiger partial charge is 0.508 e. The van der Waals surface area contributed by atoms with Crippen LogP contribution in [-0.4, -0.2) is 36.3 Å². The number of benzene rings is 3. The molecule has 3 heterocycles. The Morgan fingerprint density at radius 3 is 2.50 bits per heavy atom. The molecule has 0 radical (unpaired) electrons. The van der Waals surface area contributed by atoms with Crippen LogP contribution >= 0.6 is 11.8 Å². The molecule has 1 aliphatic rings. The van der Waals surface area contributed by atoms with Crippen LogP contribution in [0.4, 0.5) is 5.95 Å². The predicted octanol–water partition coefficient (Wildman–Crippen LogP) is 4.43. The van der Waals surface area contributed by atoms with Crippen molar-refractivity contribution in [1.82, 2.24) is 19.6 Å². The number of amides is 1. The van der Waals surface area contributed by atoms with E-state index in [0.29, 0.717) is 23.0 Å². The van der Waals surface area contributed by atoms with Crippen LogP contribution in [0.5, 0.6) is 5.75 Å². The molecular formula is C24H17N5O2S. The first-order chi connectivity index (χ1) is 15.7. The molecule has 7 nitrogen and oxygen atoms in total. The lowest BCUT2D eigenvalue weighted by atomic mass is 10.1. The van der Waals surface area contributed by atoms with E-state index in [2.05, 4.69) is 10.2 Å². The third kappa shape index (κ3) is 2.84. The van der Waals surface area contributed by atoms with Crippen molar-refractivity contribution in [3.05, 3.63) is 84.4 Å². The molecule has 8 heteroatoms. The number of anilines is 1. The van der Waals surface area contributed by atoms with Crippen molar-refractivity contribution in [1.29, 1.82) is 0 Å². The van der Waals surface area contributed by atoms with Crippen molar-refractivity contribution in [3.8, 4) is 17.1 Å². The maximum absolute atomic E-state index is 13.0. The molecule has 1 atom stereocenters. The van der Waals surface area contributed by atoms with Crippen LogP contribution in [0, 0.1) is 0 Å². The van der Waals surface area contributed by atoms with Gasteiger partial charge in [0.05, 0.1) is 11.3 Å². The molecule has 0 aliphatic carbocycles. The Kier molecular flexibility index (Phi) is 4.32. The van der Waals surface area contributed by atoms with Crippen LogP contribution in [0.25, 0.3) is 27.9 Å². The average molecular weight is 440 g/mol. The van der Waals surface area contributed by atoms with Gasteiger partial charge in [-0.05, 0) is 18.2 Å². The Balaban J connectivity index is 1.64. The molecule has 3 aromatic carbocycles. The van der Waals surface area contributed by atoms with E-state index in [0.717, 1.165) is 16.5 Å². The van der Waals surface area contributed by atoms with E-state index < -0.39 is 5.37 Å². The van der Waals surface area contributed by atoms with Crippen LogP contribution in [0.15, 0.2) is 78.9 Å². The Labute approximate surface area is 187 Å². The summed E-state index contributed by atoms with van der Waals surface area (Å²) in [6.07, 6.45) is 0.